The molecule has 1 heterocycles. The van der Waals surface area contributed by atoms with E-state index in [-0.39, 0.29) is 23.3 Å². The minimum atomic E-state index is -0.709. The Labute approximate surface area is 199 Å². The van der Waals surface area contributed by atoms with Crippen LogP contribution in [0.4, 0.5) is 4.39 Å². The molecule has 1 aliphatic carbocycles. The summed E-state index contributed by atoms with van der Waals surface area (Å²) < 4.78 is 20.4. The molecule has 0 bridgehead atoms. The van der Waals surface area contributed by atoms with Gasteiger partial charge in [-0.2, -0.15) is 0 Å². The lowest BCUT2D eigenvalue weighted by Gasteiger charge is -2.19. The fraction of sp³-hybridized carbons (Fsp3) is 0.192. The first kappa shape index (κ1) is 22.2. The molecular formula is C26H22FN3O3S. The van der Waals surface area contributed by atoms with E-state index in [1.165, 1.54) is 28.5 Å². The zero-order chi connectivity index (χ0) is 23.7. The first-order valence-corrected chi connectivity index (χ1v) is 11.8. The van der Waals surface area contributed by atoms with Crippen molar-refractivity contribution >= 4 is 28.6 Å². The number of carbonyl (C=O) groups is 1. The Bertz CT molecular complexity index is 1400. The number of aromatic nitrogens is 2. The summed E-state index contributed by atoms with van der Waals surface area (Å²) in [5.74, 6) is 0.0876. The molecule has 1 aliphatic rings. The van der Waals surface area contributed by atoms with Crippen LogP contribution in [-0.2, 0) is 4.79 Å². The quantitative estimate of drug-likeness (QED) is 0.311. The summed E-state index contributed by atoms with van der Waals surface area (Å²) in [6, 6.07) is 20.2. The molecule has 0 radical (unpaired) electrons. The number of nitrogens with one attached hydrogen (secondary N) is 1. The topological polar surface area (TPSA) is 73.2 Å². The number of thioether (sulfide) groups is 1. The Balaban J connectivity index is 1.64. The van der Waals surface area contributed by atoms with Crippen LogP contribution in [0.15, 0.2) is 82.7 Å². The minimum absolute atomic E-state index is 0.157. The van der Waals surface area contributed by atoms with Crippen molar-refractivity contribution in [3.63, 3.8) is 0 Å². The van der Waals surface area contributed by atoms with Gasteiger partial charge in [0.2, 0.25) is 5.91 Å². The van der Waals surface area contributed by atoms with E-state index in [9.17, 15) is 14.0 Å². The van der Waals surface area contributed by atoms with E-state index < -0.39 is 5.25 Å². The number of halogens is 1. The van der Waals surface area contributed by atoms with Gasteiger partial charge >= 0.3 is 0 Å². The van der Waals surface area contributed by atoms with E-state index in [2.05, 4.69) is 5.32 Å². The summed E-state index contributed by atoms with van der Waals surface area (Å²) in [4.78, 5) is 31.5. The first-order chi connectivity index (χ1) is 16.5. The van der Waals surface area contributed by atoms with Crippen molar-refractivity contribution in [2.45, 2.75) is 29.3 Å². The molecule has 1 atom stereocenters. The van der Waals surface area contributed by atoms with Crippen LogP contribution in [0.2, 0.25) is 0 Å². The van der Waals surface area contributed by atoms with Crippen LogP contribution in [-0.4, -0.2) is 28.6 Å². The molecule has 1 N–H and O–H groups in total. The van der Waals surface area contributed by atoms with E-state index >= 15 is 0 Å². The van der Waals surface area contributed by atoms with Crippen LogP contribution >= 0.6 is 11.8 Å². The van der Waals surface area contributed by atoms with E-state index in [0.717, 1.165) is 12.8 Å². The molecular weight excluding hydrogens is 453 g/mol. The number of amides is 1. The molecule has 1 saturated carbocycles. The Morgan fingerprint density at radius 3 is 2.47 bits per heavy atom. The highest BCUT2D eigenvalue weighted by molar-refractivity contribution is 8.00. The molecule has 0 saturated heterocycles. The van der Waals surface area contributed by atoms with Crippen molar-refractivity contribution in [1.82, 2.24) is 14.9 Å². The molecule has 3 aromatic carbocycles. The molecule has 172 valence electrons. The van der Waals surface area contributed by atoms with Crippen LogP contribution in [0.5, 0.6) is 5.75 Å². The molecule has 0 aliphatic heterocycles. The van der Waals surface area contributed by atoms with E-state index in [1.54, 1.807) is 61.7 Å². The van der Waals surface area contributed by atoms with Crippen LogP contribution < -0.4 is 15.6 Å². The van der Waals surface area contributed by atoms with Crippen LogP contribution in [0, 0.1) is 5.82 Å². The first-order valence-electron chi connectivity index (χ1n) is 10.9. The minimum Gasteiger partial charge on any atom is -0.497 e. The molecule has 0 spiro atoms. The smallest absolute Gasteiger partial charge is 0.266 e. The highest BCUT2D eigenvalue weighted by Gasteiger charge is 2.30. The number of fused-ring (bicyclic) bond motifs is 1. The van der Waals surface area contributed by atoms with Crippen molar-refractivity contribution in [2.75, 3.05) is 7.11 Å². The average Bonchev–Trinajstić information content (AvgIpc) is 3.67. The molecule has 1 aromatic heterocycles. The van der Waals surface area contributed by atoms with Crippen molar-refractivity contribution in [3.8, 4) is 11.4 Å². The number of methoxy groups -OCH3 is 1. The van der Waals surface area contributed by atoms with Gasteiger partial charge in [-0.3, -0.25) is 14.2 Å². The van der Waals surface area contributed by atoms with Gasteiger partial charge in [-0.1, -0.05) is 36.0 Å². The predicted molar refractivity (Wildman–Crippen MR) is 130 cm³/mol. The van der Waals surface area contributed by atoms with Crippen LogP contribution in [0.25, 0.3) is 16.6 Å². The van der Waals surface area contributed by atoms with Gasteiger partial charge in [-0.15, -0.1) is 0 Å². The molecule has 4 aromatic rings. The second-order valence-corrected chi connectivity index (χ2v) is 9.15. The molecule has 6 nitrogen and oxygen atoms in total. The largest absolute Gasteiger partial charge is 0.497 e. The summed E-state index contributed by atoms with van der Waals surface area (Å²) in [6.45, 7) is 0. The van der Waals surface area contributed by atoms with Crippen LogP contribution in [0.1, 0.15) is 23.7 Å². The monoisotopic (exact) mass is 475 g/mol. The highest BCUT2D eigenvalue weighted by atomic mass is 32.2. The number of para-hydroxylation sites is 1. The normalized spacial score (nSPS) is 14.1. The van der Waals surface area contributed by atoms with Crippen LogP contribution in [0.3, 0.4) is 0 Å². The Morgan fingerprint density at radius 2 is 1.79 bits per heavy atom. The van der Waals surface area contributed by atoms with Gasteiger partial charge in [0.05, 0.1) is 23.7 Å². The number of ether oxygens (including phenoxy) is 1. The average molecular weight is 476 g/mol. The SMILES string of the molecule is COc1ccc(-n2c(SC(C(=O)NC3CC3)c3ccc(F)cc3)nc3ccccc3c2=O)cc1. The van der Waals surface area contributed by atoms with Crippen molar-refractivity contribution in [1.29, 1.82) is 0 Å². The fourth-order valence-electron chi connectivity index (χ4n) is 3.67. The van der Waals surface area contributed by atoms with Gasteiger partial charge in [0, 0.05) is 6.04 Å². The third-order valence-electron chi connectivity index (χ3n) is 5.63. The second-order valence-electron chi connectivity index (χ2n) is 8.08. The number of rotatable bonds is 7. The maximum absolute atomic E-state index is 13.6. The molecule has 1 fully saturated rings. The maximum atomic E-state index is 13.6. The zero-order valence-electron chi connectivity index (χ0n) is 18.4. The van der Waals surface area contributed by atoms with Gasteiger partial charge < -0.3 is 10.1 Å². The summed E-state index contributed by atoms with van der Waals surface area (Å²) in [5, 5.41) is 3.16. The van der Waals surface area contributed by atoms with Gasteiger partial charge in [0.15, 0.2) is 5.16 Å². The summed E-state index contributed by atoms with van der Waals surface area (Å²) >= 11 is 1.17. The number of benzene rings is 3. The second kappa shape index (κ2) is 9.30. The maximum Gasteiger partial charge on any atom is 0.266 e. The predicted octanol–water partition coefficient (Wildman–Crippen LogP) is 4.65. The zero-order valence-corrected chi connectivity index (χ0v) is 19.2. The molecule has 1 unspecified atom stereocenters. The molecule has 1 amide bonds. The number of nitrogens with zero attached hydrogens (tertiary/aromatic N) is 2. The number of hydrogen-bond donors (Lipinski definition) is 1. The lowest BCUT2D eigenvalue weighted by atomic mass is 10.1. The van der Waals surface area contributed by atoms with Gasteiger partial charge in [-0.25, -0.2) is 9.37 Å². The highest BCUT2D eigenvalue weighted by Crippen LogP contribution is 2.37. The number of carbonyl (C=O) groups excluding carboxylic acids is 1. The molecule has 34 heavy (non-hydrogen) atoms. The van der Waals surface area contributed by atoms with Crippen molar-refractivity contribution in [3.05, 3.63) is 94.5 Å². The standard InChI is InChI=1S/C26H22FN3O3S/c1-33-20-14-12-19(13-15-20)30-25(32)21-4-2-3-5-22(21)29-26(30)34-23(24(31)28-18-10-11-18)16-6-8-17(27)9-7-16/h2-9,12-15,18,23H,10-11H2,1H3,(H,28,31). The van der Waals surface area contributed by atoms with E-state index in [0.29, 0.717) is 33.1 Å². The van der Waals surface area contributed by atoms with Crippen molar-refractivity contribution < 1.29 is 13.9 Å². The molecule has 5 rings (SSSR count). The Hall–Kier alpha value is -3.65. The van der Waals surface area contributed by atoms with E-state index in [1.807, 2.05) is 6.07 Å². The lowest BCUT2D eigenvalue weighted by Crippen LogP contribution is -2.30. The molecule has 8 heteroatoms. The summed E-state index contributed by atoms with van der Waals surface area (Å²) in [5.41, 5.74) is 1.54. The summed E-state index contributed by atoms with van der Waals surface area (Å²) in [6.07, 6.45) is 1.88. The van der Waals surface area contributed by atoms with Gasteiger partial charge in [0.1, 0.15) is 16.8 Å². The van der Waals surface area contributed by atoms with Crippen molar-refractivity contribution in [2.24, 2.45) is 0 Å². The summed E-state index contributed by atoms with van der Waals surface area (Å²) in [7, 11) is 1.58. The van der Waals surface area contributed by atoms with E-state index in [4.69, 9.17) is 9.72 Å². The third-order valence-corrected chi connectivity index (χ3v) is 6.84. The Kier molecular flexibility index (Phi) is 6.06. The van der Waals surface area contributed by atoms with Gasteiger partial charge in [-0.05, 0) is 66.9 Å². The lowest BCUT2D eigenvalue weighted by molar-refractivity contribution is -0.120. The van der Waals surface area contributed by atoms with Gasteiger partial charge in [0.25, 0.3) is 5.56 Å². The third kappa shape index (κ3) is 4.54. The fourth-order valence-corrected chi connectivity index (χ4v) is 4.79. The Morgan fingerprint density at radius 1 is 1.09 bits per heavy atom. The number of hydrogen-bond acceptors (Lipinski definition) is 5.